The van der Waals surface area contributed by atoms with Gasteiger partial charge in [-0.25, -0.2) is 0 Å². The van der Waals surface area contributed by atoms with E-state index in [4.69, 9.17) is 37.1 Å². The zero-order valence-corrected chi connectivity index (χ0v) is 14.8. The monoisotopic (exact) mass is 376 g/mol. The van der Waals surface area contributed by atoms with Gasteiger partial charge >= 0.3 is 0 Å². The molecule has 25 heavy (non-hydrogen) atoms. The molecule has 1 aliphatic heterocycles. The van der Waals surface area contributed by atoms with Gasteiger partial charge in [0.15, 0.2) is 17.3 Å². The van der Waals surface area contributed by atoms with Crippen LogP contribution in [0.15, 0.2) is 52.9 Å². The number of nitrogens with two attached hydrogens (primary N) is 1. The van der Waals surface area contributed by atoms with Gasteiger partial charge in [0.05, 0.1) is 0 Å². The van der Waals surface area contributed by atoms with Crippen LogP contribution in [0.3, 0.4) is 0 Å². The fourth-order valence-electron chi connectivity index (χ4n) is 2.79. The summed E-state index contributed by atoms with van der Waals surface area (Å²) in [5.74, 6) is 3.27. The van der Waals surface area contributed by atoms with Crippen LogP contribution in [0.25, 0.3) is 11.3 Å². The van der Waals surface area contributed by atoms with E-state index in [2.05, 4.69) is 5.32 Å². The van der Waals surface area contributed by atoms with Crippen LogP contribution in [0, 0.1) is 0 Å². The fraction of sp³-hybridized carbons (Fsp3) is 0.158. The molecule has 2 aromatic carbocycles. The van der Waals surface area contributed by atoms with Crippen molar-refractivity contribution in [3.63, 3.8) is 0 Å². The quantitative estimate of drug-likeness (QED) is 0.723. The first-order valence-corrected chi connectivity index (χ1v) is 8.68. The lowest BCUT2D eigenvalue weighted by Crippen LogP contribution is -2.80. The second-order valence-corrected chi connectivity index (χ2v) is 6.68. The van der Waals surface area contributed by atoms with Crippen molar-refractivity contribution in [2.45, 2.75) is 13.1 Å². The molecule has 0 saturated carbocycles. The van der Waals surface area contributed by atoms with Gasteiger partial charge in [-0.1, -0.05) is 23.2 Å². The molecule has 0 amide bonds. The van der Waals surface area contributed by atoms with Crippen molar-refractivity contribution in [1.29, 1.82) is 0 Å². The lowest BCUT2D eigenvalue weighted by atomic mass is 10.2. The Kier molecular flexibility index (Phi) is 4.57. The molecule has 1 aromatic heterocycles. The van der Waals surface area contributed by atoms with E-state index in [-0.39, 0.29) is 0 Å². The Labute approximate surface area is 155 Å². The van der Waals surface area contributed by atoms with Crippen LogP contribution in [-0.2, 0) is 13.1 Å². The van der Waals surface area contributed by atoms with Crippen LogP contribution >= 0.6 is 23.2 Å². The third kappa shape index (κ3) is 3.76. The fourth-order valence-corrected chi connectivity index (χ4v) is 3.31. The molecule has 2 N–H and O–H groups in total. The Hall–Kier alpha value is -2.14. The molecule has 2 heterocycles. The van der Waals surface area contributed by atoms with Crippen molar-refractivity contribution in [3.05, 3.63) is 69.9 Å². The van der Waals surface area contributed by atoms with Gasteiger partial charge in [-0.3, -0.25) is 0 Å². The first-order chi connectivity index (χ1) is 12.2. The number of hydrogen-bond acceptors (Lipinski definition) is 3. The van der Waals surface area contributed by atoms with Gasteiger partial charge in [-0.05, 0) is 48.5 Å². The molecular weight excluding hydrogens is 361 g/mol. The van der Waals surface area contributed by atoms with Crippen LogP contribution in [-0.4, -0.2) is 6.79 Å². The molecule has 4 nitrogen and oxygen atoms in total. The Bertz CT molecular complexity index is 887. The summed E-state index contributed by atoms with van der Waals surface area (Å²) in [6.07, 6.45) is 0. The lowest BCUT2D eigenvalue weighted by molar-refractivity contribution is -0.687. The minimum absolute atomic E-state index is 0.297. The molecule has 0 fully saturated rings. The topological polar surface area (TPSA) is 48.2 Å². The number of hydrogen-bond donors (Lipinski definition) is 1. The molecule has 1 aliphatic rings. The van der Waals surface area contributed by atoms with Gasteiger partial charge in [-0.2, -0.15) is 0 Å². The minimum atomic E-state index is 0.297. The van der Waals surface area contributed by atoms with E-state index in [9.17, 15) is 0 Å². The van der Waals surface area contributed by atoms with Gasteiger partial charge in [0.25, 0.3) is 0 Å². The molecule has 0 radical (unpaired) electrons. The van der Waals surface area contributed by atoms with Gasteiger partial charge in [0.1, 0.15) is 18.8 Å². The summed E-state index contributed by atoms with van der Waals surface area (Å²) in [4.78, 5) is 0. The molecule has 0 bridgehead atoms. The van der Waals surface area contributed by atoms with E-state index in [0.717, 1.165) is 41.7 Å². The highest BCUT2D eigenvalue weighted by molar-refractivity contribution is 6.35. The largest absolute Gasteiger partial charge is 0.455 e. The molecule has 0 saturated heterocycles. The Balaban J connectivity index is 1.38. The number of halogens is 2. The van der Waals surface area contributed by atoms with Crippen molar-refractivity contribution >= 4 is 23.2 Å². The summed E-state index contributed by atoms with van der Waals surface area (Å²) < 4.78 is 16.6. The molecule has 0 atom stereocenters. The van der Waals surface area contributed by atoms with Gasteiger partial charge in [-0.15, -0.1) is 0 Å². The highest BCUT2D eigenvalue weighted by Gasteiger charge is 2.14. The smallest absolute Gasteiger partial charge is 0.231 e. The standard InChI is InChI=1S/C19H15Cl2NO3/c20-14-6-13(7-15(21)8-14)17-4-2-16(25-17)10-22-9-12-1-3-18-19(5-12)24-11-23-18/h1-8,22H,9-11H2/p+1. The van der Waals surface area contributed by atoms with Crippen LogP contribution in [0.2, 0.25) is 10.0 Å². The van der Waals surface area contributed by atoms with Crippen LogP contribution in [0.1, 0.15) is 11.3 Å². The summed E-state index contributed by atoms with van der Waals surface area (Å²) in [5.41, 5.74) is 2.05. The summed E-state index contributed by atoms with van der Waals surface area (Å²) >= 11 is 12.1. The van der Waals surface area contributed by atoms with Crippen LogP contribution in [0.5, 0.6) is 11.5 Å². The zero-order valence-electron chi connectivity index (χ0n) is 13.3. The summed E-state index contributed by atoms with van der Waals surface area (Å²) in [6, 6.07) is 15.3. The normalized spacial score (nSPS) is 12.6. The van der Waals surface area contributed by atoms with E-state index < -0.39 is 0 Å². The second-order valence-electron chi connectivity index (χ2n) is 5.81. The number of ether oxygens (including phenoxy) is 2. The number of benzene rings is 2. The van der Waals surface area contributed by atoms with E-state index in [1.165, 1.54) is 5.56 Å². The van der Waals surface area contributed by atoms with E-state index in [0.29, 0.717) is 16.8 Å². The second kappa shape index (κ2) is 7.00. The van der Waals surface area contributed by atoms with E-state index in [1.807, 2.05) is 42.5 Å². The van der Waals surface area contributed by atoms with Crippen molar-refractivity contribution in [3.8, 4) is 22.8 Å². The molecule has 6 heteroatoms. The first kappa shape index (κ1) is 16.3. The maximum atomic E-state index is 6.05. The Morgan fingerprint density at radius 1 is 0.840 bits per heavy atom. The number of furan rings is 1. The molecule has 0 unspecified atom stereocenters. The zero-order chi connectivity index (χ0) is 17.2. The third-order valence-corrected chi connectivity index (χ3v) is 4.41. The van der Waals surface area contributed by atoms with Crippen LogP contribution < -0.4 is 14.8 Å². The molecule has 4 rings (SSSR count). The van der Waals surface area contributed by atoms with Crippen molar-refractivity contribution < 1.29 is 19.2 Å². The van der Waals surface area contributed by atoms with Gasteiger partial charge < -0.3 is 19.2 Å². The predicted octanol–water partition coefficient (Wildman–Crippen LogP) is 4.25. The molecular formula is C19H16Cl2NO3+. The lowest BCUT2D eigenvalue weighted by Gasteiger charge is -2.03. The summed E-state index contributed by atoms with van der Waals surface area (Å²) in [7, 11) is 0. The number of quaternary nitrogens is 1. The SMILES string of the molecule is Clc1cc(Cl)cc(-c2ccc(C[NH2+]Cc3ccc4c(c3)OCO4)o2)c1. The molecule has 128 valence electrons. The van der Waals surface area contributed by atoms with Crippen molar-refractivity contribution in [2.24, 2.45) is 0 Å². The third-order valence-electron chi connectivity index (χ3n) is 3.97. The average molecular weight is 377 g/mol. The maximum absolute atomic E-state index is 6.05. The Morgan fingerprint density at radius 2 is 1.64 bits per heavy atom. The molecule has 0 spiro atoms. The molecule has 3 aromatic rings. The van der Waals surface area contributed by atoms with Gasteiger partial charge in [0.2, 0.25) is 6.79 Å². The highest BCUT2D eigenvalue weighted by Crippen LogP contribution is 2.32. The Morgan fingerprint density at radius 3 is 2.48 bits per heavy atom. The first-order valence-electron chi connectivity index (χ1n) is 7.93. The van der Waals surface area contributed by atoms with Crippen molar-refractivity contribution in [1.82, 2.24) is 0 Å². The van der Waals surface area contributed by atoms with E-state index >= 15 is 0 Å². The molecule has 0 aliphatic carbocycles. The van der Waals surface area contributed by atoms with Crippen LogP contribution in [0.4, 0.5) is 0 Å². The van der Waals surface area contributed by atoms with Crippen molar-refractivity contribution in [2.75, 3.05) is 6.79 Å². The summed E-state index contributed by atoms with van der Waals surface area (Å²) in [6.45, 7) is 1.86. The highest BCUT2D eigenvalue weighted by atomic mass is 35.5. The van der Waals surface area contributed by atoms with Gasteiger partial charge in [0, 0.05) is 21.2 Å². The minimum Gasteiger partial charge on any atom is -0.455 e. The number of rotatable bonds is 5. The summed E-state index contributed by atoms with van der Waals surface area (Å²) in [5, 5.41) is 3.36. The predicted molar refractivity (Wildman–Crippen MR) is 96.1 cm³/mol. The maximum Gasteiger partial charge on any atom is 0.231 e. The van der Waals surface area contributed by atoms with E-state index in [1.54, 1.807) is 6.07 Å². The average Bonchev–Trinajstić information content (AvgIpc) is 3.22. The number of fused-ring (bicyclic) bond motifs is 1.